The fraction of sp³-hybridized carbons (Fsp3) is 0.276. The molecule has 2 aromatic heterocycles. The standard InChI is InChI=1S/C29H29N7O/c1-20-29(37-2)35-28(27(32-20)22-6-4-3-5-7-22)23-10-8-21(9-11-23)19-36-16-13-24(14-17-36)33-25-12-15-31-26(18-30)34-25/h3-12,15,24H,13-14,16-17,19H2,1-2H3,(H,31,33,34). The van der Waals surface area contributed by atoms with Crippen LogP contribution in [0.3, 0.4) is 0 Å². The predicted octanol–water partition coefficient (Wildman–Crippen LogP) is 4.87. The summed E-state index contributed by atoms with van der Waals surface area (Å²) < 4.78 is 5.47. The second-order valence-electron chi connectivity index (χ2n) is 9.15. The number of hydrogen-bond donors (Lipinski definition) is 1. The maximum Gasteiger partial charge on any atom is 0.235 e. The number of benzene rings is 2. The Balaban J connectivity index is 1.25. The van der Waals surface area contributed by atoms with E-state index >= 15 is 0 Å². The van der Waals surface area contributed by atoms with Crippen molar-refractivity contribution >= 4 is 5.82 Å². The predicted molar refractivity (Wildman–Crippen MR) is 143 cm³/mol. The lowest BCUT2D eigenvalue weighted by atomic mass is 10.0. The van der Waals surface area contributed by atoms with Crippen LogP contribution in [0.25, 0.3) is 22.5 Å². The van der Waals surface area contributed by atoms with Gasteiger partial charge in [-0.15, -0.1) is 0 Å². The van der Waals surface area contributed by atoms with E-state index in [1.807, 2.05) is 37.3 Å². The SMILES string of the molecule is COc1nc(-c2ccc(CN3CCC(Nc4ccnc(C#N)n4)CC3)cc2)c(-c2ccccc2)nc1C. The van der Waals surface area contributed by atoms with E-state index in [2.05, 4.69) is 56.6 Å². The summed E-state index contributed by atoms with van der Waals surface area (Å²) in [5, 5.41) is 12.4. The van der Waals surface area contributed by atoms with E-state index in [1.165, 1.54) is 5.56 Å². The van der Waals surface area contributed by atoms with Gasteiger partial charge in [-0.1, -0.05) is 54.6 Å². The average molecular weight is 492 g/mol. The highest BCUT2D eigenvalue weighted by atomic mass is 16.5. The van der Waals surface area contributed by atoms with Crippen LogP contribution in [0.4, 0.5) is 5.82 Å². The number of aryl methyl sites for hydroxylation is 1. The zero-order chi connectivity index (χ0) is 25.6. The fourth-order valence-electron chi connectivity index (χ4n) is 4.66. The van der Waals surface area contributed by atoms with E-state index in [9.17, 15) is 0 Å². The molecule has 0 saturated carbocycles. The number of hydrogen-bond acceptors (Lipinski definition) is 8. The van der Waals surface area contributed by atoms with Crippen LogP contribution in [0.2, 0.25) is 0 Å². The van der Waals surface area contributed by atoms with Crippen LogP contribution in [0, 0.1) is 18.3 Å². The van der Waals surface area contributed by atoms with Crippen LogP contribution in [0.15, 0.2) is 66.9 Å². The van der Waals surface area contributed by atoms with Gasteiger partial charge in [-0.05, 0) is 31.4 Å². The number of nitrogens with one attached hydrogen (secondary N) is 1. The lowest BCUT2D eigenvalue weighted by molar-refractivity contribution is 0.211. The molecule has 4 aromatic rings. The van der Waals surface area contributed by atoms with Gasteiger partial charge in [0.1, 0.15) is 23.3 Å². The van der Waals surface area contributed by atoms with Crippen LogP contribution in [0.5, 0.6) is 5.88 Å². The second-order valence-corrected chi connectivity index (χ2v) is 9.15. The Morgan fingerprint density at radius 2 is 1.65 bits per heavy atom. The number of ether oxygens (including phenoxy) is 1. The molecule has 0 radical (unpaired) electrons. The van der Waals surface area contributed by atoms with Crippen molar-refractivity contribution in [3.8, 4) is 34.5 Å². The van der Waals surface area contributed by atoms with E-state index < -0.39 is 0 Å². The van der Waals surface area contributed by atoms with Gasteiger partial charge in [-0.2, -0.15) is 5.26 Å². The van der Waals surface area contributed by atoms with Crippen LogP contribution in [-0.4, -0.2) is 51.1 Å². The molecule has 0 atom stereocenters. The highest BCUT2D eigenvalue weighted by Gasteiger charge is 2.20. The first kappa shape index (κ1) is 24.3. The number of anilines is 1. The van der Waals surface area contributed by atoms with Crippen LogP contribution in [0.1, 0.15) is 29.9 Å². The molecule has 2 aromatic carbocycles. The monoisotopic (exact) mass is 491 g/mol. The molecule has 8 nitrogen and oxygen atoms in total. The van der Waals surface area contributed by atoms with Gasteiger partial charge in [-0.3, -0.25) is 4.90 Å². The van der Waals surface area contributed by atoms with Gasteiger partial charge in [0, 0.05) is 43.0 Å². The van der Waals surface area contributed by atoms with Crippen LogP contribution < -0.4 is 10.1 Å². The van der Waals surface area contributed by atoms with Gasteiger partial charge in [0.05, 0.1) is 12.8 Å². The minimum atomic E-state index is 0.192. The minimum absolute atomic E-state index is 0.192. The fourth-order valence-corrected chi connectivity index (χ4v) is 4.66. The van der Waals surface area contributed by atoms with E-state index in [1.54, 1.807) is 13.3 Å². The highest BCUT2D eigenvalue weighted by molar-refractivity contribution is 5.78. The molecule has 37 heavy (non-hydrogen) atoms. The van der Waals surface area contributed by atoms with E-state index in [0.717, 1.165) is 60.7 Å². The summed E-state index contributed by atoms with van der Waals surface area (Å²) in [5.41, 5.74) is 5.74. The van der Waals surface area contributed by atoms with Gasteiger partial charge < -0.3 is 10.1 Å². The first-order chi connectivity index (χ1) is 18.1. The van der Waals surface area contributed by atoms with Crippen molar-refractivity contribution in [2.75, 3.05) is 25.5 Å². The summed E-state index contributed by atoms with van der Waals surface area (Å²) >= 11 is 0. The Morgan fingerprint density at radius 3 is 2.35 bits per heavy atom. The van der Waals surface area contributed by atoms with Crippen LogP contribution >= 0.6 is 0 Å². The summed E-state index contributed by atoms with van der Waals surface area (Å²) in [5.74, 6) is 1.45. The first-order valence-corrected chi connectivity index (χ1v) is 12.4. The number of piperidine rings is 1. The van der Waals surface area contributed by atoms with Gasteiger partial charge in [0.2, 0.25) is 11.7 Å². The summed E-state index contributed by atoms with van der Waals surface area (Å²) in [4.78, 5) is 20.3. The molecular weight excluding hydrogens is 462 g/mol. The Morgan fingerprint density at radius 1 is 0.946 bits per heavy atom. The van der Waals surface area contributed by atoms with Crippen molar-refractivity contribution in [1.82, 2.24) is 24.8 Å². The number of aromatic nitrogens is 4. The van der Waals surface area contributed by atoms with Crippen molar-refractivity contribution in [3.63, 3.8) is 0 Å². The highest BCUT2D eigenvalue weighted by Crippen LogP contribution is 2.32. The second kappa shape index (κ2) is 11.1. The smallest absolute Gasteiger partial charge is 0.235 e. The number of methoxy groups -OCH3 is 1. The molecule has 0 amide bonds. The lowest BCUT2D eigenvalue weighted by Crippen LogP contribution is -2.38. The molecule has 3 heterocycles. The minimum Gasteiger partial charge on any atom is -0.480 e. The largest absolute Gasteiger partial charge is 0.480 e. The number of nitrogens with zero attached hydrogens (tertiary/aromatic N) is 6. The zero-order valence-electron chi connectivity index (χ0n) is 21.1. The molecule has 0 aliphatic carbocycles. The summed E-state index contributed by atoms with van der Waals surface area (Å²) in [6.07, 6.45) is 3.65. The third-order valence-electron chi connectivity index (χ3n) is 6.60. The van der Waals surface area contributed by atoms with Crippen molar-refractivity contribution < 1.29 is 4.74 Å². The molecule has 1 saturated heterocycles. The Bertz CT molecular complexity index is 1390. The average Bonchev–Trinajstić information content (AvgIpc) is 2.95. The Hall–Kier alpha value is -4.35. The quantitative estimate of drug-likeness (QED) is 0.391. The number of rotatable bonds is 7. The van der Waals surface area contributed by atoms with Gasteiger partial charge in [0.25, 0.3) is 0 Å². The van der Waals surface area contributed by atoms with Gasteiger partial charge >= 0.3 is 0 Å². The molecule has 8 heteroatoms. The van der Waals surface area contributed by atoms with E-state index in [0.29, 0.717) is 17.7 Å². The molecular formula is C29H29N7O. The molecule has 0 bridgehead atoms. The maximum atomic E-state index is 9.00. The molecule has 1 N–H and O–H groups in total. The van der Waals surface area contributed by atoms with Crippen molar-refractivity contribution in [2.45, 2.75) is 32.4 Å². The molecule has 1 aliphatic heterocycles. The molecule has 1 fully saturated rings. The van der Waals surface area contributed by atoms with Gasteiger partial charge in [-0.25, -0.2) is 19.9 Å². The van der Waals surface area contributed by atoms with Crippen LogP contribution in [-0.2, 0) is 6.54 Å². The Kier molecular flexibility index (Phi) is 7.33. The molecule has 0 spiro atoms. The normalized spacial score (nSPS) is 14.2. The topological polar surface area (TPSA) is 99.8 Å². The maximum absolute atomic E-state index is 9.00. The first-order valence-electron chi connectivity index (χ1n) is 12.4. The van der Waals surface area contributed by atoms with Gasteiger partial charge in [0.15, 0.2) is 0 Å². The molecule has 5 rings (SSSR count). The molecule has 0 unspecified atom stereocenters. The van der Waals surface area contributed by atoms with Crippen molar-refractivity contribution in [2.24, 2.45) is 0 Å². The van der Waals surface area contributed by atoms with Crippen molar-refractivity contribution in [1.29, 1.82) is 5.26 Å². The third kappa shape index (κ3) is 5.74. The molecule has 1 aliphatic rings. The third-order valence-corrected chi connectivity index (χ3v) is 6.60. The molecule has 186 valence electrons. The summed E-state index contributed by atoms with van der Waals surface area (Å²) in [6.45, 7) is 4.80. The van der Waals surface area contributed by atoms with Crippen molar-refractivity contribution in [3.05, 3.63) is 83.9 Å². The number of nitriles is 1. The summed E-state index contributed by atoms with van der Waals surface area (Å²) in [6, 6.07) is 22.9. The Labute approximate surface area is 217 Å². The number of likely N-dealkylation sites (tertiary alicyclic amines) is 1. The zero-order valence-corrected chi connectivity index (χ0v) is 21.1. The lowest BCUT2D eigenvalue weighted by Gasteiger charge is -2.32. The summed E-state index contributed by atoms with van der Waals surface area (Å²) in [7, 11) is 1.63. The van der Waals surface area contributed by atoms with E-state index in [4.69, 9.17) is 20.0 Å². The van der Waals surface area contributed by atoms with E-state index in [-0.39, 0.29) is 5.82 Å².